The average Bonchev–Trinajstić information content (AvgIpc) is 2.45. The van der Waals surface area contributed by atoms with E-state index in [4.69, 9.17) is 0 Å². The molecular weight excluding hydrogens is 184 g/mol. The molecule has 0 unspecified atom stereocenters. The van der Waals surface area contributed by atoms with Crippen LogP contribution in [0.25, 0.3) is 0 Å². The zero-order valence-corrected chi connectivity index (χ0v) is 10.3. The van der Waals surface area contributed by atoms with Gasteiger partial charge in [0, 0.05) is 0 Å². The van der Waals surface area contributed by atoms with E-state index in [1.54, 1.807) is 0 Å². The van der Waals surface area contributed by atoms with Gasteiger partial charge in [0.1, 0.15) is 6.29 Å². The summed E-state index contributed by atoms with van der Waals surface area (Å²) in [6.07, 6.45) is 8.48. The molecule has 0 aromatic rings. The molecular formula is C14H22O. The fourth-order valence-electron chi connectivity index (χ4n) is 2.16. The van der Waals surface area contributed by atoms with E-state index in [0.717, 1.165) is 31.1 Å². The lowest BCUT2D eigenvalue weighted by atomic mass is 9.76. The van der Waals surface area contributed by atoms with Crippen molar-refractivity contribution in [3.05, 3.63) is 23.3 Å². The molecule has 1 rings (SSSR count). The third-order valence-corrected chi connectivity index (χ3v) is 3.97. The maximum atomic E-state index is 10.7. The molecule has 84 valence electrons. The van der Waals surface area contributed by atoms with Crippen LogP contribution in [0.15, 0.2) is 23.3 Å². The van der Waals surface area contributed by atoms with E-state index < -0.39 is 0 Å². The predicted molar refractivity (Wildman–Crippen MR) is 64.7 cm³/mol. The lowest BCUT2D eigenvalue weighted by Crippen LogP contribution is -2.19. The second-order valence-corrected chi connectivity index (χ2v) is 5.03. The maximum absolute atomic E-state index is 10.7. The number of allylic oxidation sites excluding steroid dienone is 4. The Kier molecular flexibility index (Phi) is 3.90. The lowest BCUT2D eigenvalue weighted by molar-refractivity contribution is -0.105. The van der Waals surface area contributed by atoms with Crippen LogP contribution in [0.5, 0.6) is 0 Å². The summed E-state index contributed by atoms with van der Waals surface area (Å²) < 4.78 is 0. The van der Waals surface area contributed by atoms with E-state index in [1.165, 1.54) is 5.57 Å². The van der Waals surface area contributed by atoms with Crippen LogP contribution in [0.3, 0.4) is 0 Å². The Hall–Kier alpha value is -0.850. The minimum absolute atomic E-state index is 0.304. The number of carbonyl (C=O) groups excluding carboxylic acids is 1. The summed E-state index contributed by atoms with van der Waals surface area (Å²) in [6.45, 7) is 8.85. The predicted octanol–water partition coefficient (Wildman–Crippen LogP) is 3.90. The molecule has 0 heterocycles. The normalized spacial score (nSPS) is 25.2. The van der Waals surface area contributed by atoms with Gasteiger partial charge in [-0.15, -0.1) is 0 Å². The summed E-state index contributed by atoms with van der Waals surface area (Å²) in [5.41, 5.74) is 2.73. The molecule has 1 atom stereocenters. The Morgan fingerprint density at radius 1 is 1.60 bits per heavy atom. The van der Waals surface area contributed by atoms with Gasteiger partial charge >= 0.3 is 0 Å². The number of hydrogen-bond donors (Lipinski definition) is 0. The minimum Gasteiger partial charge on any atom is -0.298 e. The summed E-state index contributed by atoms with van der Waals surface area (Å²) in [6, 6.07) is 0. The molecule has 0 amide bonds. The van der Waals surface area contributed by atoms with Crippen LogP contribution in [-0.2, 0) is 4.79 Å². The average molecular weight is 206 g/mol. The topological polar surface area (TPSA) is 17.1 Å². The van der Waals surface area contributed by atoms with Gasteiger partial charge in [-0.3, -0.25) is 4.79 Å². The van der Waals surface area contributed by atoms with Gasteiger partial charge in [-0.2, -0.15) is 0 Å². The van der Waals surface area contributed by atoms with Crippen LogP contribution in [0.2, 0.25) is 0 Å². The van der Waals surface area contributed by atoms with Crippen molar-refractivity contribution in [2.75, 3.05) is 0 Å². The second kappa shape index (κ2) is 4.78. The summed E-state index contributed by atoms with van der Waals surface area (Å²) in [5, 5.41) is 0. The van der Waals surface area contributed by atoms with Crippen LogP contribution >= 0.6 is 0 Å². The summed E-state index contributed by atoms with van der Waals surface area (Å²) in [5.74, 6) is 0.666. The smallest absolute Gasteiger partial charge is 0.145 e. The van der Waals surface area contributed by atoms with Gasteiger partial charge in [0.25, 0.3) is 0 Å². The SMILES string of the molecule is CCC(C=O)=CC[C@@H]1CC=C(C)C1(C)C. The van der Waals surface area contributed by atoms with Crippen molar-refractivity contribution < 1.29 is 4.79 Å². The van der Waals surface area contributed by atoms with Gasteiger partial charge in [0.15, 0.2) is 0 Å². The third kappa shape index (κ3) is 2.58. The van der Waals surface area contributed by atoms with Crippen LogP contribution in [0.1, 0.15) is 47.0 Å². The Bertz CT molecular complexity index is 294. The van der Waals surface area contributed by atoms with E-state index in [0.29, 0.717) is 11.3 Å². The Morgan fingerprint density at radius 3 is 2.67 bits per heavy atom. The van der Waals surface area contributed by atoms with Gasteiger partial charge in [-0.1, -0.05) is 38.5 Å². The first-order valence-corrected chi connectivity index (χ1v) is 5.83. The highest BCUT2D eigenvalue weighted by Gasteiger charge is 2.33. The molecule has 0 aromatic heterocycles. The molecule has 0 bridgehead atoms. The van der Waals surface area contributed by atoms with E-state index >= 15 is 0 Å². The fraction of sp³-hybridized carbons (Fsp3) is 0.643. The van der Waals surface area contributed by atoms with Crippen molar-refractivity contribution >= 4 is 6.29 Å². The maximum Gasteiger partial charge on any atom is 0.145 e. The molecule has 0 saturated heterocycles. The molecule has 0 N–H and O–H groups in total. The first-order chi connectivity index (χ1) is 7.02. The fourth-order valence-corrected chi connectivity index (χ4v) is 2.16. The van der Waals surface area contributed by atoms with Gasteiger partial charge in [-0.05, 0) is 43.1 Å². The first-order valence-electron chi connectivity index (χ1n) is 5.83. The molecule has 1 aliphatic carbocycles. The Labute approximate surface area is 93.3 Å². The second-order valence-electron chi connectivity index (χ2n) is 5.03. The monoisotopic (exact) mass is 206 g/mol. The van der Waals surface area contributed by atoms with E-state index in [2.05, 4.69) is 32.9 Å². The standard InChI is InChI=1S/C14H22O/c1-5-12(10-15)7-9-13-8-6-11(2)14(13,3)4/h6-7,10,13H,5,8-9H2,1-4H3/t13-/m0/s1. The van der Waals surface area contributed by atoms with Crippen molar-refractivity contribution in [2.24, 2.45) is 11.3 Å². The van der Waals surface area contributed by atoms with E-state index in [1.807, 2.05) is 6.92 Å². The lowest BCUT2D eigenvalue weighted by Gasteiger charge is -2.29. The Balaban J connectivity index is 2.63. The molecule has 0 fully saturated rings. The molecule has 1 nitrogen and oxygen atoms in total. The summed E-state index contributed by atoms with van der Waals surface area (Å²) in [7, 11) is 0. The highest BCUT2D eigenvalue weighted by molar-refractivity contribution is 5.72. The number of carbonyl (C=O) groups is 1. The molecule has 1 aliphatic rings. The minimum atomic E-state index is 0.304. The summed E-state index contributed by atoms with van der Waals surface area (Å²) >= 11 is 0. The molecule has 15 heavy (non-hydrogen) atoms. The van der Waals surface area contributed by atoms with Gasteiger partial charge in [0.05, 0.1) is 0 Å². The van der Waals surface area contributed by atoms with Crippen LogP contribution in [-0.4, -0.2) is 6.29 Å². The van der Waals surface area contributed by atoms with Crippen molar-refractivity contribution in [3.8, 4) is 0 Å². The van der Waals surface area contributed by atoms with Crippen molar-refractivity contribution in [2.45, 2.75) is 47.0 Å². The zero-order valence-electron chi connectivity index (χ0n) is 10.3. The molecule has 0 spiro atoms. The van der Waals surface area contributed by atoms with E-state index in [9.17, 15) is 4.79 Å². The largest absolute Gasteiger partial charge is 0.298 e. The number of aldehydes is 1. The highest BCUT2D eigenvalue weighted by atomic mass is 16.1. The van der Waals surface area contributed by atoms with E-state index in [-0.39, 0.29) is 0 Å². The highest BCUT2D eigenvalue weighted by Crippen LogP contribution is 2.44. The number of rotatable bonds is 4. The first kappa shape index (κ1) is 12.2. The summed E-state index contributed by atoms with van der Waals surface area (Å²) in [4.78, 5) is 10.7. The van der Waals surface area contributed by atoms with Gasteiger partial charge in [0.2, 0.25) is 0 Å². The number of hydrogen-bond acceptors (Lipinski definition) is 1. The van der Waals surface area contributed by atoms with Crippen molar-refractivity contribution in [1.29, 1.82) is 0 Å². The molecule has 0 saturated carbocycles. The van der Waals surface area contributed by atoms with Gasteiger partial charge < -0.3 is 0 Å². The zero-order chi connectivity index (χ0) is 11.5. The quantitative estimate of drug-likeness (QED) is 0.387. The molecule has 1 heteroatoms. The van der Waals surface area contributed by atoms with Crippen molar-refractivity contribution in [1.82, 2.24) is 0 Å². The van der Waals surface area contributed by atoms with Crippen molar-refractivity contribution in [3.63, 3.8) is 0 Å². The third-order valence-electron chi connectivity index (χ3n) is 3.97. The molecule has 0 aromatic carbocycles. The Morgan fingerprint density at radius 2 is 2.27 bits per heavy atom. The van der Waals surface area contributed by atoms with Crippen LogP contribution < -0.4 is 0 Å². The van der Waals surface area contributed by atoms with Crippen LogP contribution in [0, 0.1) is 11.3 Å². The van der Waals surface area contributed by atoms with Gasteiger partial charge in [-0.25, -0.2) is 0 Å². The van der Waals surface area contributed by atoms with Crippen LogP contribution in [0.4, 0.5) is 0 Å². The molecule has 0 aliphatic heterocycles. The molecule has 0 radical (unpaired) electrons.